The average Bonchev–Trinajstić information content (AvgIpc) is 2.04. The van der Waals surface area contributed by atoms with E-state index in [9.17, 15) is 9.59 Å². The van der Waals surface area contributed by atoms with Crippen LogP contribution in [0.15, 0.2) is 0 Å². The van der Waals surface area contributed by atoms with Crippen molar-refractivity contribution in [2.75, 3.05) is 0 Å². The Bertz CT molecular complexity index is 191. The molecule has 0 fully saturated rings. The third kappa shape index (κ3) is 4.50. The predicted octanol–water partition coefficient (Wildman–Crippen LogP) is 1.01. The Morgan fingerprint density at radius 1 is 1.38 bits per heavy atom. The molecule has 0 aromatic carbocycles. The lowest BCUT2D eigenvalue weighted by Crippen LogP contribution is -2.41. The zero-order chi connectivity index (χ0) is 10.4. The number of carboxylic acid groups (broad SMARTS) is 1. The fraction of sp³-hybridized carbons (Fsp3) is 0.778. The molecular formula is C9H17NO3. The van der Waals surface area contributed by atoms with Crippen molar-refractivity contribution in [1.29, 1.82) is 0 Å². The molecule has 13 heavy (non-hydrogen) atoms. The lowest BCUT2D eigenvalue weighted by atomic mass is 10.1. The summed E-state index contributed by atoms with van der Waals surface area (Å²) in [7, 11) is 0. The van der Waals surface area contributed by atoms with Gasteiger partial charge in [-0.15, -0.1) is 0 Å². The second-order valence-electron chi connectivity index (χ2n) is 3.26. The molecule has 0 aliphatic heterocycles. The summed E-state index contributed by atoms with van der Waals surface area (Å²) in [6.07, 6.45) is 1.72. The maximum Gasteiger partial charge on any atom is 0.325 e. The number of carboxylic acids is 1. The second-order valence-corrected chi connectivity index (χ2v) is 3.26. The quantitative estimate of drug-likeness (QED) is 0.675. The van der Waals surface area contributed by atoms with Crippen molar-refractivity contribution in [2.45, 2.75) is 39.7 Å². The lowest BCUT2D eigenvalue weighted by Gasteiger charge is -2.13. The second kappa shape index (κ2) is 5.56. The number of amides is 1. The van der Waals surface area contributed by atoms with E-state index in [0.717, 1.165) is 12.8 Å². The van der Waals surface area contributed by atoms with Gasteiger partial charge in [-0.1, -0.05) is 20.3 Å². The minimum absolute atomic E-state index is 0.105. The standard InChI is InChI=1S/C9H17NO3/c1-4-5-6(2)8(11)10-7(3)9(12)13/h6-7H,4-5H2,1-3H3,(H,10,11)(H,12,13)/t6?,7-/m0/s1. The Morgan fingerprint density at radius 2 is 1.92 bits per heavy atom. The van der Waals surface area contributed by atoms with Gasteiger partial charge in [0.2, 0.25) is 5.91 Å². The molecule has 4 heteroatoms. The first-order chi connectivity index (χ1) is 5.99. The first-order valence-electron chi connectivity index (χ1n) is 4.52. The van der Waals surface area contributed by atoms with Crippen LogP contribution in [0.5, 0.6) is 0 Å². The lowest BCUT2D eigenvalue weighted by molar-refractivity contribution is -0.141. The summed E-state index contributed by atoms with van der Waals surface area (Å²) in [6, 6.07) is -0.799. The summed E-state index contributed by atoms with van der Waals surface area (Å²) in [5.74, 6) is -1.29. The third-order valence-electron chi connectivity index (χ3n) is 1.90. The summed E-state index contributed by atoms with van der Waals surface area (Å²) >= 11 is 0. The Balaban J connectivity index is 3.92. The van der Waals surface area contributed by atoms with Crippen LogP contribution in [0, 0.1) is 5.92 Å². The molecule has 0 heterocycles. The van der Waals surface area contributed by atoms with Crippen LogP contribution in [-0.4, -0.2) is 23.0 Å². The van der Waals surface area contributed by atoms with Crippen molar-refractivity contribution in [1.82, 2.24) is 5.32 Å². The van der Waals surface area contributed by atoms with Gasteiger partial charge >= 0.3 is 5.97 Å². The zero-order valence-corrected chi connectivity index (χ0v) is 8.33. The Labute approximate surface area is 78.3 Å². The van der Waals surface area contributed by atoms with E-state index in [-0.39, 0.29) is 11.8 Å². The average molecular weight is 187 g/mol. The van der Waals surface area contributed by atoms with Gasteiger partial charge in [-0.3, -0.25) is 9.59 Å². The highest BCUT2D eigenvalue weighted by Gasteiger charge is 2.17. The summed E-state index contributed by atoms with van der Waals surface area (Å²) < 4.78 is 0. The van der Waals surface area contributed by atoms with Crippen LogP contribution < -0.4 is 5.32 Å². The third-order valence-corrected chi connectivity index (χ3v) is 1.90. The molecule has 0 aliphatic rings. The van der Waals surface area contributed by atoms with E-state index >= 15 is 0 Å². The molecule has 0 saturated carbocycles. The van der Waals surface area contributed by atoms with Crippen molar-refractivity contribution < 1.29 is 14.7 Å². The maximum absolute atomic E-state index is 11.3. The number of aliphatic carboxylic acids is 1. The molecule has 2 N–H and O–H groups in total. The Morgan fingerprint density at radius 3 is 2.31 bits per heavy atom. The molecule has 2 atom stereocenters. The van der Waals surface area contributed by atoms with E-state index in [4.69, 9.17) is 5.11 Å². The first-order valence-corrected chi connectivity index (χ1v) is 4.52. The van der Waals surface area contributed by atoms with Crippen LogP contribution in [-0.2, 0) is 9.59 Å². The van der Waals surface area contributed by atoms with Gasteiger partial charge in [0, 0.05) is 5.92 Å². The van der Waals surface area contributed by atoms with Gasteiger partial charge in [-0.05, 0) is 13.3 Å². The van der Waals surface area contributed by atoms with Crippen LogP contribution in [0.1, 0.15) is 33.6 Å². The van der Waals surface area contributed by atoms with E-state index in [2.05, 4.69) is 5.32 Å². The van der Waals surface area contributed by atoms with Crippen LogP contribution >= 0.6 is 0 Å². The van der Waals surface area contributed by atoms with Crippen LogP contribution in [0.4, 0.5) is 0 Å². The minimum Gasteiger partial charge on any atom is -0.480 e. The molecule has 0 aromatic rings. The van der Waals surface area contributed by atoms with Crippen molar-refractivity contribution in [3.05, 3.63) is 0 Å². The van der Waals surface area contributed by atoms with Gasteiger partial charge in [0.05, 0.1) is 0 Å². The van der Waals surface area contributed by atoms with Crippen molar-refractivity contribution in [2.24, 2.45) is 5.92 Å². The Kier molecular flexibility index (Phi) is 5.11. The molecule has 0 aromatic heterocycles. The summed E-state index contributed by atoms with van der Waals surface area (Å²) in [4.78, 5) is 21.7. The number of nitrogens with one attached hydrogen (secondary N) is 1. The highest BCUT2D eigenvalue weighted by molar-refractivity contribution is 5.84. The van der Waals surface area contributed by atoms with Gasteiger partial charge in [-0.25, -0.2) is 0 Å². The molecule has 0 bridgehead atoms. The molecule has 0 rings (SSSR count). The van der Waals surface area contributed by atoms with Crippen molar-refractivity contribution in [3.63, 3.8) is 0 Å². The molecule has 0 saturated heterocycles. The highest BCUT2D eigenvalue weighted by Crippen LogP contribution is 2.04. The molecular weight excluding hydrogens is 170 g/mol. The minimum atomic E-state index is -1.00. The maximum atomic E-state index is 11.3. The Hall–Kier alpha value is -1.06. The van der Waals surface area contributed by atoms with E-state index in [1.165, 1.54) is 6.92 Å². The molecule has 76 valence electrons. The van der Waals surface area contributed by atoms with Crippen molar-refractivity contribution >= 4 is 11.9 Å². The molecule has 4 nitrogen and oxygen atoms in total. The van der Waals surface area contributed by atoms with E-state index in [0.29, 0.717) is 0 Å². The van der Waals surface area contributed by atoms with Gasteiger partial charge in [0.15, 0.2) is 0 Å². The monoisotopic (exact) mass is 187 g/mol. The van der Waals surface area contributed by atoms with Gasteiger partial charge < -0.3 is 10.4 Å². The number of rotatable bonds is 5. The normalized spacial score (nSPS) is 14.7. The molecule has 1 amide bonds. The van der Waals surface area contributed by atoms with Crippen LogP contribution in [0.3, 0.4) is 0 Å². The molecule has 0 spiro atoms. The highest BCUT2D eigenvalue weighted by atomic mass is 16.4. The van der Waals surface area contributed by atoms with Gasteiger partial charge in [0.25, 0.3) is 0 Å². The number of carbonyl (C=O) groups excluding carboxylic acids is 1. The molecule has 0 radical (unpaired) electrons. The fourth-order valence-corrected chi connectivity index (χ4v) is 0.981. The number of hydrogen-bond donors (Lipinski definition) is 2. The predicted molar refractivity (Wildman–Crippen MR) is 49.3 cm³/mol. The summed E-state index contributed by atoms with van der Waals surface area (Å²) in [6.45, 7) is 5.25. The van der Waals surface area contributed by atoms with E-state index < -0.39 is 12.0 Å². The fourth-order valence-electron chi connectivity index (χ4n) is 0.981. The van der Waals surface area contributed by atoms with Crippen molar-refractivity contribution in [3.8, 4) is 0 Å². The smallest absolute Gasteiger partial charge is 0.325 e. The molecule has 1 unspecified atom stereocenters. The number of carbonyl (C=O) groups is 2. The largest absolute Gasteiger partial charge is 0.480 e. The van der Waals surface area contributed by atoms with Crippen LogP contribution in [0.25, 0.3) is 0 Å². The number of hydrogen-bond acceptors (Lipinski definition) is 2. The van der Waals surface area contributed by atoms with Gasteiger partial charge in [0.1, 0.15) is 6.04 Å². The first kappa shape index (κ1) is 11.9. The van der Waals surface area contributed by atoms with E-state index in [1.807, 2.05) is 6.92 Å². The summed E-state index contributed by atoms with van der Waals surface area (Å²) in [5, 5.41) is 11.0. The van der Waals surface area contributed by atoms with E-state index in [1.54, 1.807) is 6.92 Å². The zero-order valence-electron chi connectivity index (χ0n) is 8.33. The van der Waals surface area contributed by atoms with Crippen LogP contribution in [0.2, 0.25) is 0 Å². The van der Waals surface area contributed by atoms with Gasteiger partial charge in [-0.2, -0.15) is 0 Å². The topological polar surface area (TPSA) is 66.4 Å². The molecule has 0 aliphatic carbocycles. The summed E-state index contributed by atoms with van der Waals surface area (Å²) in [5.41, 5.74) is 0. The SMILES string of the molecule is CCCC(C)C(=O)N[C@@H](C)C(=O)O.